The Kier molecular flexibility index (Phi) is 69.5. The van der Waals surface area contributed by atoms with Crippen molar-refractivity contribution in [1.29, 1.82) is 0 Å². The Labute approximate surface area is 606 Å². The molecule has 19 heteroatoms. The summed E-state index contributed by atoms with van der Waals surface area (Å²) in [6.07, 6.45) is 79.1. The first-order valence-electron chi connectivity index (χ1n) is 38.8. The Bertz CT molecular complexity index is 2370. The van der Waals surface area contributed by atoms with E-state index in [-0.39, 0.29) is 25.7 Å². The van der Waals surface area contributed by atoms with E-state index in [9.17, 15) is 43.2 Å². The molecule has 0 heterocycles. The lowest BCUT2D eigenvalue weighted by molar-refractivity contribution is -0.161. The molecule has 0 aromatic rings. The van der Waals surface area contributed by atoms with Crippen molar-refractivity contribution < 1.29 is 80.2 Å². The van der Waals surface area contributed by atoms with Gasteiger partial charge in [0.25, 0.3) is 0 Å². The second kappa shape index (κ2) is 72.8. The van der Waals surface area contributed by atoms with Crippen LogP contribution in [0.4, 0.5) is 0 Å². The van der Waals surface area contributed by atoms with Gasteiger partial charge in [-0.25, -0.2) is 9.13 Å². The zero-order chi connectivity index (χ0) is 73.2. The number of aliphatic hydroxyl groups excluding tert-OH is 1. The first kappa shape index (κ1) is 95.5. The molecule has 3 N–H and O–H groups in total. The summed E-state index contributed by atoms with van der Waals surface area (Å²) in [5, 5.41) is 10.6. The maximum atomic E-state index is 13.1. The second-order valence-electron chi connectivity index (χ2n) is 25.6. The molecule has 17 nitrogen and oxygen atoms in total. The summed E-state index contributed by atoms with van der Waals surface area (Å²) < 4.78 is 68.4. The third-order valence-corrected chi connectivity index (χ3v) is 17.8. The Morgan fingerprint density at radius 3 is 0.860 bits per heavy atom. The Balaban J connectivity index is 5.37. The van der Waals surface area contributed by atoms with Gasteiger partial charge in [0, 0.05) is 25.7 Å². The van der Waals surface area contributed by atoms with Crippen molar-refractivity contribution in [1.82, 2.24) is 0 Å². The minimum Gasteiger partial charge on any atom is -0.462 e. The quantitative estimate of drug-likeness (QED) is 0.0169. The van der Waals surface area contributed by atoms with E-state index in [1.165, 1.54) is 51.4 Å². The molecule has 5 atom stereocenters. The number of carbonyl (C=O) groups is 4. The van der Waals surface area contributed by atoms with Crippen molar-refractivity contribution in [2.45, 2.75) is 329 Å². The van der Waals surface area contributed by atoms with Gasteiger partial charge >= 0.3 is 39.5 Å². The number of esters is 4. The molecule has 0 aliphatic rings. The monoisotopic (exact) mass is 1440 g/mol. The van der Waals surface area contributed by atoms with Crippen LogP contribution >= 0.6 is 15.6 Å². The van der Waals surface area contributed by atoms with E-state index in [2.05, 4.69) is 149 Å². The largest absolute Gasteiger partial charge is 0.472 e. The molecular weight excluding hydrogens is 1310 g/mol. The zero-order valence-electron chi connectivity index (χ0n) is 62.6. The molecule has 0 rings (SSSR count). The lowest BCUT2D eigenvalue weighted by atomic mass is 10.1. The number of unbranched alkanes of at least 4 members (excludes halogenated alkanes) is 26. The number of ether oxygens (including phenoxy) is 4. The van der Waals surface area contributed by atoms with Crippen LogP contribution in [0.3, 0.4) is 0 Å². The molecule has 0 amide bonds. The highest BCUT2D eigenvalue weighted by molar-refractivity contribution is 7.47. The van der Waals surface area contributed by atoms with Crippen LogP contribution in [0.1, 0.15) is 310 Å². The summed E-state index contributed by atoms with van der Waals surface area (Å²) in [7, 11) is -9.97. The van der Waals surface area contributed by atoms with E-state index in [0.717, 1.165) is 180 Å². The molecule has 0 saturated carbocycles. The van der Waals surface area contributed by atoms with Crippen molar-refractivity contribution in [3.8, 4) is 0 Å². The summed E-state index contributed by atoms with van der Waals surface area (Å²) in [5.41, 5.74) is 0. The smallest absolute Gasteiger partial charge is 0.462 e. The molecule has 100 heavy (non-hydrogen) atoms. The van der Waals surface area contributed by atoms with Crippen molar-refractivity contribution >= 4 is 39.5 Å². The summed E-state index contributed by atoms with van der Waals surface area (Å²) >= 11 is 0. The van der Waals surface area contributed by atoms with E-state index in [1.54, 1.807) is 0 Å². The third-order valence-electron chi connectivity index (χ3n) is 15.9. The zero-order valence-corrected chi connectivity index (χ0v) is 64.4. The molecule has 0 saturated heterocycles. The van der Waals surface area contributed by atoms with E-state index in [1.807, 2.05) is 0 Å². The van der Waals surface area contributed by atoms with E-state index in [0.29, 0.717) is 25.7 Å². The van der Waals surface area contributed by atoms with Crippen molar-refractivity contribution in [3.05, 3.63) is 122 Å². The number of phosphoric ester groups is 2. The SMILES string of the molecule is CC/C=C\C/C=C\C/C=C\C/C=C\CCCCC(=O)OCC(COP(=O)(O)OCC(O)COP(=O)(O)OCC(COC(=O)CCCCCCCC/C=C\C/C=C\C/C=C\CCCCC)OC(=O)CCCCCCC/C=C\CCCC)OC(=O)CCCCCCC/C=C\C/C=C\CCCCC. The number of allylic oxidation sites excluding steroid dienone is 20. The summed E-state index contributed by atoms with van der Waals surface area (Å²) in [6, 6.07) is 0. The van der Waals surface area contributed by atoms with Crippen molar-refractivity contribution in [2.24, 2.45) is 0 Å². The van der Waals surface area contributed by atoms with Gasteiger partial charge < -0.3 is 33.8 Å². The Hall–Kier alpha value is -4.54. The molecule has 0 aliphatic heterocycles. The van der Waals surface area contributed by atoms with Crippen LogP contribution in [0.25, 0.3) is 0 Å². The molecule has 0 aromatic carbocycles. The van der Waals surface area contributed by atoms with Crippen molar-refractivity contribution in [2.75, 3.05) is 39.6 Å². The highest BCUT2D eigenvalue weighted by Crippen LogP contribution is 2.45. The normalized spacial score (nSPS) is 14.6. The number of carbonyl (C=O) groups excluding carboxylic acids is 4. The van der Waals surface area contributed by atoms with Crippen LogP contribution < -0.4 is 0 Å². The van der Waals surface area contributed by atoms with Gasteiger partial charge in [-0.05, 0) is 154 Å². The van der Waals surface area contributed by atoms with Crippen LogP contribution in [0.5, 0.6) is 0 Å². The summed E-state index contributed by atoms with van der Waals surface area (Å²) in [6.45, 7) is 4.58. The molecule has 0 radical (unpaired) electrons. The van der Waals surface area contributed by atoms with Crippen LogP contribution in [0, 0.1) is 0 Å². The first-order chi connectivity index (χ1) is 48.7. The highest BCUT2D eigenvalue weighted by atomic mass is 31.2. The minimum atomic E-state index is -4.99. The maximum Gasteiger partial charge on any atom is 0.472 e. The van der Waals surface area contributed by atoms with E-state index < -0.39 is 97.5 Å². The lowest BCUT2D eigenvalue weighted by Crippen LogP contribution is -2.30. The molecule has 0 aromatic heterocycles. The van der Waals surface area contributed by atoms with Gasteiger partial charge in [-0.3, -0.25) is 37.3 Å². The number of aliphatic hydroxyl groups is 1. The van der Waals surface area contributed by atoms with E-state index >= 15 is 0 Å². The predicted octanol–water partition coefficient (Wildman–Crippen LogP) is 22.3. The van der Waals surface area contributed by atoms with Crippen LogP contribution in [-0.2, 0) is 65.4 Å². The number of hydrogen-bond acceptors (Lipinski definition) is 15. The average molecular weight is 1450 g/mol. The maximum absolute atomic E-state index is 13.1. The van der Waals surface area contributed by atoms with Crippen molar-refractivity contribution in [3.63, 3.8) is 0 Å². The van der Waals surface area contributed by atoms with Gasteiger partial charge in [-0.1, -0.05) is 252 Å². The molecule has 0 bridgehead atoms. The van der Waals surface area contributed by atoms with Gasteiger partial charge in [-0.15, -0.1) is 0 Å². The summed E-state index contributed by atoms with van der Waals surface area (Å²) in [4.78, 5) is 72.8. The molecule has 5 unspecified atom stereocenters. The molecule has 0 fully saturated rings. The number of rotatable bonds is 72. The highest BCUT2D eigenvalue weighted by Gasteiger charge is 2.30. The fourth-order valence-electron chi connectivity index (χ4n) is 9.93. The Morgan fingerprint density at radius 1 is 0.290 bits per heavy atom. The fraction of sp³-hybridized carbons (Fsp3) is 0.704. The van der Waals surface area contributed by atoms with Crippen LogP contribution in [0.2, 0.25) is 0 Å². The van der Waals surface area contributed by atoms with Gasteiger partial charge in [0.05, 0.1) is 26.4 Å². The van der Waals surface area contributed by atoms with Crippen LogP contribution in [0.15, 0.2) is 122 Å². The predicted molar refractivity (Wildman–Crippen MR) is 408 cm³/mol. The van der Waals surface area contributed by atoms with Gasteiger partial charge in [-0.2, -0.15) is 0 Å². The summed E-state index contributed by atoms with van der Waals surface area (Å²) in [5.74, 6) is -2.26. The topological polar surface area (TPSA) is 237 Å². The molecule has 0 aliphatic carbocycles. The van der Waals surface area contributed by atoms with Gasteiger partial charge in [0.1, 0.15) is 19.3 Å². The standard InChI is InChI=1S/C81H138O17P2/c1-5-9-13-17-21-25-29-32-35-36-37-38-41-43-47-50-54-58-62-66-79(84)91-71-76(97-80(85)67-63-59-55-51-45-28-24-20-16-12-8-4)73-95-99(87,88)93-69-75(82)70-94-100(89,90)96-74-77(98-81(86)68-64-60-56-52-48-44-40-34-31-27-23-19-15-11-7-3)72-92-78(83)65-61-57-53-49-46-42-39-33-30-26-22-18-14-10-6-2/h10,14,20-27,32-35,37-40,46,49,75-77,82H,5-9,11-13,15-19,28-31,36,41-45,47-48,50-74H2,1-4H3,(H,87,88)(H,89,90)/b14-10-,24-20-,25-21-,26-22-,27-23-,35-32-,38-37-,39-33-,40-34-,49-46-. The number of phosphoric acid groups is 2. The number of hydrogen-bond donors (Lipinski definition) is 3. The lowest BCUT2D eigenvalue weighted by Gasteiger charge is -2.21. The first-order valence-corrected chi connectivity index (χ1v) is 41.8. The van der Waals surface area contributed by atoms with Gasteiger partial charge in [0.15, 0.2) is 12.2 Å². The minimum absolute atomic E-state index is 0.0675. The molecular formula is C81H138O17P2. The third kappa shape index (κ3) is 71.8. The van der Waals surface area contributed by atoms with E-state index in [4.69, 9.17) is 37.0 Å². The molecule has 574 valence electrons. The van der Waals surface area contributed by atoms with Gasteiger partial charge in [0.2, 0.25) is 0 Å². The average Bonchev–Trinajstić information content (AvgIpc) is 0.966. The second-order valence-corrected chi connectivity index (χ2v) is 28.5. The van der Waals surface area contributed by atoms with Crippen LogP contribution in [-0.4, -0.2) is 96.7 Å². The molecule has 0 spiro atoms. The fourth-order valence-corrected chi connectivity index (χ4v) is 11.5. The Morgan fingerprint density at radius 2 is 0.530 bits per heavy atom.